The van der Waals surface area contributed by atoms with Crippen LogP contribution in [-0.2, 0) is 22.4 Å². The fourth-order valence-corrected chi connectivity index (χ4v) is 5.08. The van der Waals surface area contributed by atoms with Crippen LogP contribution < -0.4 is 11.1 Å². The number of H-pyrrole nitrogens is 1. The average Bonchev–Trinajstić information content (AvgIpc) is 3.20. The summed E-state index contributed by atoms with van der Waals surface area (Å²) in [5.41, 5.74) is 9.95. The third kappa shape index (κ3) is 4.77. The van der Waals surface area contributed by atoms with Gasteiger partial charge in [-0.15, -0.1) is 0 Å². The molecular formula is C28H29FN4O2. The fraction of sp³-hybridized carbons (Fsp3) is 0.286. The van der Waals surface area contributed by atoms with E-state index in [9.17, 15) is 14.0 Å². The molecule has 0 atom stereocenters. The third-order valence-corrected chi connectivity index (χ3v) is 6.88. The highest BCUT2D eigenvalue weighted by Gasteiger charge is 2.20. The van der Waals surface area contributed by atoms with Crippen molar-refractivity contribution in [1.29, 1.82) is 0 Å². The quantitative estimate of drug-likeness (QED) is 0.397. The molecule has 5 rings (SSSR count). The van der Waals surface area contributed by atoms with Crippen LogP contribution in [-0.4, -0.2) is 47.9 Å². The van der Waals surface area contributed by atoms with Crippen molar-refractivity contribution < 1.29 is 14.0 Å². The molecule has 180 valence electrons. The minimum atomic E-state index is -0.435. The lowest BCUT2D eigenvalue weighted by Crippen LogP contribution is -2.43. The van der Waals surface area contributed by atoms with Gasteiger partial charge in [0.05, 0.1) is 18.4 Å². The van der Waals surface area contributed by atoms with Crippen LogP contribution in [0.15, 0.2) is 54.6 Å². The Bertz CT molecular complexity index is 1420. The summed E-state index contributed by atoms with van der Waals surface area (Å²) in [4.78, 5) is 30.1. The van der Waals surface area contributed by atoms with Crippen molar-refractivity contribution >= 4 is 33.6 Å². The van der Waals surface area contributed by atoms with Crippen molar-refractivity contribution in [3.8, 4) is 11.1 Å². The Morgan fingerprint density at radius 1 is 1.06 bits per heavy atom. The molecule has 2 amide bonds. The fourth-order valence-electron chi connectivity index (χ4n) is 5.08. The zero-order valence-corrected chi connectivity index (χ0v) is 19.7. The lowest BCUT2D eigenvalue weighted by Gasteiger charge is -2.29. The Kier molecular flexibility index (Phi) is 6.26. The van der Waals surface area contributed by atoms with Crippen LogP contribution in [0, 0.1) is 5.82 Å². The Hall–Kier alpha value is -3.71. The second-order valence-electron chi connectivity index (χ2n) is 9.47. The van der Waals surface area contributed by atoms with Gasteiger partial charge in [0.25, 0.3) is 0 Å². The van der Waals surface area contributed by atoms with Crippen LogP contribution in [0.25, 0.3) is 32.9 Å². The number of halogens is 1. The van der Waals surface area contributed by atoms with Crippen LogP contribution >= 0.6 is 0 Å². The van der Waals surface area contributed by atoms with Gasteiger partial charge < -0.3 is 20.9 Å². The Morgan fingerprint density at radius 3 is 2.57 bits per heavy atom. The summed E-state index contributed by atoms with van der Waals surface area (Å²) in [6.07, 6.45) is 2.29. The smallest absolute Gasteiger partial charge is 0.224 e. The number of nitrogens with zero attached hydrogens (tertiary/aromatic N) is 1. The summed E-state index contributed by atoms with van der Waals surface area (Å²) in [6.45, 7) is 1.98. The van der Waals surface area contributed by atoms with Crippen LogP contribution in [0.3, 0.4) is 0 Å². The summed E-state index contributed by atoms with van der Waals surface area (Å²) in [5.74, 6) is -0.737. The van der Waals surface area contributed by atoms with Crippen LogP contribution in [0.4, 0.5) is 4.39 Å². The number of amides is 2. The molecule has 3 aromatic carbocycles. The first kappa shape index (κ1) is 23.1. The molecule has 1 aromatic heterocycles. The number of nitrogens with one attached hydrogen (secondary N) is 2. The highest BCUT2D eigenvalue weighted by atomic mass is 19.1. The number of hydrogen-bond acceptors (Lipinski definition) is 3. The molecule has 7 heteroatoms. The van der Waals surface area contributed by atoms with E-state index in [-0.39, 0.29) is 30.6 Å². The van der Waals surface area contributed by atoms with E-state index in [1.54, 1.807) is 18.2 Å². The largest absolute Gasteiger partial charge is 0.369 e. The molecule has 2 heterocycles. The van der Waals surface area contributed by atoms with Gasteiger partial charge in [-0.3, -0.25) is 9.59 Å². The van der Waals surface area contributed by atoms with Gasteiger partial charge in [-0.05, 0) is 61.8 Å². The third-order valence-electron chi connectivity index (χ3n) is 6.88. The molecule has 4 aromatic rings. The first-order valence-corrected chi connectivity index (χ1v) is 12.0. The van der Waals surface area contributed by atoms with Crippen LogP contribution in [0.2, 0.25) is 0 Å². The standard InChI is InChI=1S/C28H29FN4O2/c1-33-12-10-19(11-13-33)31-26(35)15-17-6-8-22-24(14-17)32-28-18(16-25(30)34)7-9-21(27(22)28)20-4-2-3-5-23(20)29/h2-9,14,19,32H,10-13,15-16H2,1H3,(H2,30,34)(H,31,35). The molecule has 35 heavy (non-hydrogen) atoms. The number of nitrogens with two attached hydrogens (primary N) is 1. The highest BCUT2D eigenvalue weighted by molar-refractivity contribution is 6.15. The first-order chi connectivity index (χ1) is 16.9. The van der Waals surface area contributed by atoms with E-state index >= 15 is 0 Å². The molecule has 0 unspecified atom stereocenters. The molecule has 0 saturated carbocycles. The number of fused-ring (bicyclic) bond motifs is 3. The van der Waals surface area contributed by atoms with E-state index in [2.05, 4.69) is 22.2 Å². The molecule has 1 saturated heterocycles. The number of aromatic nitrogens is 1. The number of rotatable bonds is 6. The van der Waals surface area contributed by atoms with Crippen LogP contribution in [0.5, 0.6) is 0 Å². The number of carbonyl (C=O) groups excluding carboxylic acids is 2. The van der Waals surface area contributed by atoms with Gasteiger partial charge in [0.15, 0.2) is 0 Å². The normalized spacial score (nSPS) is 15.0. The molecule has 1 aliphatic rings. The zero-order chi connectivity index (χ0) is 24.5. The van der Waals surface area contributed by atoms with Gasteiger partial charge >= 0.3 is 0 Å². The minimum absolute atomic E-state index is 0.0106. The number of carbonyl (C=O) groups is 2. The number of hydrogen-bond donors (Lipinski definition) is 3. The molecule has 0 aliphatic carbocycles. The average molecular weight is 473 g/mol. The van der Waals surface area contributed by atoms with Gasteiger partial charge in [-0.1, -0.05) is 42.5 Å². The summed E-state index contributed by atoms with van der Waals surface area (Å²) in [5, 5.41) is 4.91. The van der Waals surface area contributed by atoms with Gasteiger partial charge in [0, 0.05) is 27.9 Å². The zero-order valence-electron chi connectivity index (χ0n) is 19.7. The molecule has 0 spiro atoms. The van der Waals surface area contributed by atoms with Crippen molar-refractivity contribution in [2.75, 3.05) is 20.1 Å². The molecule has 0 bridgehead atoms. The van der Waals surface area contributed by atoms with Crippen LogP contribution in [0.1, 0.15) is 24.0 Å². The van der Waals surface area contributed by atoms with Crippen molar-refractivity contribution in [2.45, 2.75) is 31.7 Å². The molecule has 6 nitrogen and oxygen atoms in total. The van der Waals surface area contributed by atoms with Gasteiger partial charge in [-0.2, -0.15) is 0 Å². The monoisotopic (exact) mass is 472 g/mol. The summed E-state index contributed by atoms with van der Waals surface area (Å²) in [7, 11) is 2.10. The maximum atomic E-state index is 14.7. The summed E-state index contributed by atoms with van der Waals surface area (Å²) >= 11 is 0. The topological polar surface area (TPSA) is 91.2 Å². The molecular weight excluding hydrogens is 443 g/mol. The van der Waals surface area contributed by atoms with E-state index in [1.807, 2.05) is 30.3 Å². The predicted octanol–water partition coefficient (Wildman–Crippen LogP) is 3.91. The second kappa shape index (κ2) is 9.50. The van der Waals surface area contributed by atoms with E-state index < -0.39 is 5.91 Å². The van der Waals surface area contributed by atoms with Gasteiger partial charge in [0.2, 0.25) is 11.8 Å². The van der Waals surface area contributed by atoms with E-state index in [0.29, 0.717) is 5.56 Å². The lowest BCUT2D eigenvalue weighted by atomic mass is 9.95. The van der Waals surface area contributed by atoms with Crippen molar-refractivity contribution in [3.63, 3.8) is 0 Å². The number of aromatic amines is 1. The Labute approximate surface area is 203 Å². The maximum Gasteiger partial charge on any atom is 0.224 e. The van der Waals surface area contributed by atoms with Crippen molar-refractivity contribution in [3.05, 3.63) is 71.5 Å². The molecule has 0 radical (unpaired) electrons. The van der Waals surface area contributed by atoms with E-state index in [1.165, 1.54) is 6.07 Å². The second-order valence-corrected chi connectivity index (χ2v) is 9.47. The lowest BCUT2D eigenvalue weighted by molar-refractivity contribution is -0.121. The first-order valence-electron chi connectivity index (χ1n) is 12.0. The number of piperidine rings is 1. The van der Waals surface area contributed by atoms with E-state index in [4.69, 9.17) is 5.73 Å². The minimum Gasteiger partial charge on any atom is -0.369 e. The molecule has 4 N–H and O–H groups in total. The molecule has 1 fully saturated rings. The number of primary amides is 1. The van der Waals surface area contributed by atoms with Gasteiger partial charge in [0.1, 0.15) is 5.82 Å². The summed E-state index contributed by atoms with van der Waals surface area (Å²) in [6, 6.07) is 16.4. The van der Waals surface area contributed by atoms with Crippen molar-refractivity contribution in [1.82, 2.24) is 15.2 Å². The van der Waals surface area contributed by atoms with E-state index in [0.717, 1.165) is 64.4 Å². The highest BCUT2D eigenvalue weighted by Crippen LogP contribution is 2.37. The van der Waals surface area contributed by atoms with Crippen molar-refractivity contribution in [2.24, 2.45) is 5.73 Å². The number of likely N-dealkylation sites (tertiary alicyclic amines) is 1. The summed E-state index contributed by atoms with van der Waals surface area (Å²) < 4.78 is 14.7. The Morgan fingerprint density at radius 2 is 1.83 bits per heavy atom. The Balaban J connectivity index is 1.51. The number of benzene rings is 3. The predicted molar refractivity (Wildman–Crippen MR) is 136 cm³/mol. The SMILES string of the molecule is CN1CCC(NC(=O)Cc2ccc3c(c2)[nH]c2c(CC(N)=O)ccc(-c4ccccc4F)c23)CC1. The van der Waals surface area contributed by atoms with Gasteiger partial charge in [-0.25, -0.2) is 4.39 Å². The molecule has 1 aliphatic heterocycles. The maximum absolute atomic E-state index is 14.7.